The maximum absolute atomic E-state index is 2.25. The van der Waals surface area contributed by atoms with Crippen LogP contribution in [0.4, 0.5) is 0 Å². The lowest BCUT2D eigenvalue weighted by Gasteiger charge is -2.30. The summed E-state index contributed by atoms with van der Waals surface area (Å²) in [5, 5.41) is 0. The van der Waals surface area contributed by atoms with Gasteiger partial charge in [0.2, 0.25) is 0 Å². The monoisotopic (exact) mass is 248 g/mol. The summed E-state index contributed by atoms with van der Waals surface area (Å²) in [6.07, 6.45) is 7.51. The minimum Gasteiger partial charge on any atom is -0.160 e. The van der Waals surface area contributed by atoms with Crippen molar-refractivity contribution in [1.29, 1.82) is 0 Å². The van der Waals surface area contributed by atoms with Crippen LogP contribution in [-0.2, 0) is 0 Å². The Balaban J connectivity index is 1.80. The summed E-state index contributed by atoms with van der Waals surface area (Å²) in [4.78, 5) is 0. The average molecular weight is 248 g/mol. The van der Waals surface area contributed by atoms with Crippen molar-refractivity contribution in [3.8, 4) is 0 Å². The first-order valence-electron chi connectivity index (χ1n) is 5.78. The van der Waals surface area contributed by atoms with Crippen LogP contribution in [0.2, 0.25) is 0 Å². The lowest BCUT2D eigenvalue weighted by Crippen LogP contribution is -2.20. The van der Waals surface area contributed by atoms with Crippen LogP contribution >= 0.6 is 35.3 Å². The maximum atomic E-state index is 2.25. The average Bonchev–Trinajstić information content (AvgIpc) is 2.18. The Kier molecular flexibility index (Phi) is 5.43. The summed E-state index contributed by atoms with van der Waals surface area (Å²) in [7, 11) is 0. The fourth-order valence-electron chi connectivity index (χ4n) is 2.28. The molecule has 1 saturated carbocycles. The van der Waals surface area contributed by atoms with Crippen molar-refractivity contribution in [2.75, 3.05) is 23.0 Å². The van der Waals surface area contributed by atoms with Gasteiger partial charge in [-0.1, -0.05) is 19.3 Å². The summed E-state index contributed by atoms with van der Waals surface area (Å²) in [5.41, 5.74) is 0. The van der Waals surface area contributed by atoms with Crippen molar-refractivity contribution in [2.45, 2.75) is 36.7 Å². The number of hydrogen-bond acceptors (Lipinski definition) is 3. The van der Waals surface area contributed by atoms with E-state index in [1.807, 2.05) is 0 Å². The molecule has 0 aromatic rings. The van der Waals surface area contributed by atoms with E-state index in [0.29, 0.717) is 0 Å². The molecular formula is C11H20S3. The van der Waals surface area contributed by atoms with Gasteiger partial charge in [-0.05, 0) is 18.8 Å². The first-order valence-corrected chi connectivity index (χ1v) is 9.03. The highest BCUT2D eigenvalue weighted by molar-refractivity contribution is 8.18. The molecule has 2 aliphatic rings. The van der Waals surface area contributed by atoms with Crippen LogP contribution < -0.4 is 0 Å². The van der Waals surface area contributed by atoms with Gasteiger partial charge in [-0.3, -0.25) is 0 Å². The Morgan fingerprint density at radius 1 is 0.714 bits per heavy atom. The summed E-state index contributed by atoms with van der Waals surface area (Å²) in [6.45, 7) is 0. The van der Waals surface area contributed by atoms with Crippen molar-refractivity contribution in [2.24, 2.45) is 5.92 Å². The second kappa shape index (κ2) is 6.59. The normalized spacial score (nSPS) is 28.3. The van der Waals surface area contributed by atoms with Crippen LogP contribution in [0.25, 0.3) is 0 Å². The summed E-state index contributed by atoms with van der Waals surface area (Å²) < 4.78 is 0.941. The molecule has 0 aromatic heterocycles. The van der Waals surface area contributed by atoms with Gasteiger partial charge < -0.3 is 0 Å². The van der Waals surface area contributed by atoms with Crippen molar-refractivity contribution in [3.05, 3.63) is 0 Å². The Labute approximate surface area is 101 Å². The third-order valence-electron chi connectivity index (χ3n) is 3.05. The summed E-state index contributed by atoms with van der Waals surface area (Å²) in [5.74, 6) is 6.59. The molecule has 0 unspecified atom stereocenters. The maximum Gasteiger partial charge on any atom is 0.0531 e. The van der Waals surface area contributed by atoms with E-state index in [2.05, 4.69) is 35.3 Å². The van der Waals surface area contributed by atoms with Gasteiger partial charge in [-0.15, -0.1) is 23.5 Å². The minimum absolute atomic E-state index is 0.941. The Morgan fingerprint density at radius 2 is 1.36 bits per heavy atom. The molecule has 1 aliphatic carbocycles. The third-order valence-corrected chi connectivity index (χ3v) is 7.68. The van der Waals surface area contributed by atoms with E-state index in [4.69, 9.17) is 0 Å². The van der Waals surface area contributed by atoms with Crippen molar-refractivity contribution in [3.63, 3.8) is 0 Å². The fraction of sp³-hybridized carbons (Fsp3) is 1.00. The molecule has 1 saturated heterocycles. The van der Waals surface area contributed by atoms with E-state index in [9.17, 15) is 0 Å². The van der Waals surface area contributed by atoms with Crippen LogP contribution in [0.1, 0.15) is 32.1 Å². The molecule has 82 valence electrons. The molecule has 2 rings (SSSR count). The largest absolute Gasteiger partial charge is 0.160 e. The molecule has 0 aromatic carbocycles. The molecule has 2 fully saturated rings. The summed E-state index contributed by atoms with van der Waals surface area (Å²) >= 11 is 6.63. The highest BCUT2D eigenvalue weighted by Gasteiger charge is 2.24. The van der Waals surface area contributed by atoms with E-state index in [-0.39, 0.29) is 0 Å². The molecule has 0 N–H and O–H groups in total. The molecule has 0 amide bonds. The van der Waals surface area contributed by atoms with E-state index in [1.165, 1.54) is 55.1 Å². The first-order chi connectivity index (χ1) is 6.97. The molecule has 0 atom stereocenters. The predicted molar refractivity (Wildman–Crippen MR) is 72.6 cm³/mol. The van der Waals surface area contributed by atoms with Gasteiger partial charge in [-0.25, -0.2) is 0 Å². The molecule has 0 nitrogen and oxygen atoms in total. The smallest absolute Gasteiger partial charge is 0.0531 e. The van der Waals surface area contributed by atoms with Gasteiger partial charge >= 0.3 is 0 Å². The van der Waals surface area contributed by atoms with Crippen molar-refractivity contribution in [1.82, 2.24) is 0 Å². The summed E-state index contributed by atoms with van der Waals surface area (Å²) in [6, 6.07) is 0. The standard InChI is InChI=1S/C11H20S3/c1-2-4-10(5-3-1)11-13-8-6-12-7-9-14-11/h10-11H,1-9H2. The van der Waals surface area contributed by atoms with Gasteiger partial charge in [0.05, 0.1) is 4.58 Å². The zero-order chi connectivity index (χ0) is 9.64. The molecule has 0 spiro atoms. The van der Waals surface area contributed by atoms with Gasteiger partial charge in [0, 0.05) is 23.0 Å². The van der Waals surface area contributed by atoms with Gasteiger partial charge in [0.25, 0.3) is 0 Å². The predicted octanol–water partition coefficient (Wildman–Crippen LogP) is 4.11. The molecule has 14 heavy (non-hydrogen) atoms. The second-order valence-electron chi connectivity index (χ2n) is 4.12. The van der Waals surface area contributed by atoms with E-state index in [1.54, 1.807) is 0 Å². The Hall–Kier alpha value is 1.05. The number of hydrogen-bond donors (Lipinski definition) is 0. The Bertz CT molecular complexity index is 147. The molecular weight excluding hydrogens is 228 g/mol. The van der Waals surface area contributed by atoms with Gasteiger partial charge in [-0.2, -0.15) is 11.8 Å². The molecule has 0 bridgehead atoms. The quantitative estimate of drug-likeness (QED) is 0.685. The molecule has 1 aliphatic heterocycles. The highest BCUT2D eigenvalue weighted by Crippen LogP contribution is 2.40. The lowest BCUT2D eigenvalue weighted by atomic mass is 9.91. The fourth-order valence-corrected chi connectivity index (χ4v) is 6.71. The van der Waals surface area contributed by atoms with Crippen LogP contribution in [0.3, 0.4) is 0 Å². The minimum atomic E-state index is 0.941. The zero-order valence-electron chi connectivity index (χ0n) is 8.74. The Morgan fingerprint density at radius 3 is 2.00 bits per heavy atom. The number of rotatable bonds is 1. The van der Waals surface area contributed by atoms with Crippen LogP contribution in [0.5, 0.6) is 0 Å². The highest BCUT2D eigenvalue weighted by atomic mass is 32.2. The topological polar surface area (TPSA) is 0 Å². The first kappa shape index (κ1) is 11.5. The SMILES string of the molecule is C1CCC(C2SCCSCCS2)CC1. The van der Waals surface area contributed by atoms with Crippen LogP contribution in [0, 0.1) is 5.92 Å². The molecule has 0 radical (unpaired) electrons. The number of thioether (sulfide) groups is 3. The molecule has 1 heterocycles. The van der Waals surface area contributed by atoms with Crippen molar-refractivity contribution >= 4 is 35.3 Å². The van der Waals surface area contributed by atoms with Crippen LogP contribution in [0.15, 0.2) is 0 Å². The van der Waals surface area contributed by atoms with Gasteiger partial charge in [0.15, 0.2) is 0 Å². The second-order valence-corrected chi connectivity index (χ2v) is 8.14. The van der Waals surface area contributed by atoms with Gasteiger partial charge in [0.1, 0.15) is 0 Å². The van der Waals surface area contributed by atoms with E-state index >= 15 is 0 Å². The zero-order valence-corrected chi connectivity index (χ0v) is 11.2. The lowest BCUT2D eigenvalue weighted by molar-refractivity contribution is 0.381. The van der Waals surface area contributed by atoms with Crippen LogP contribution in [-0.4, -0.2) is 27.6 Å². The third kappa shape index (κ3) is 3.57. The molecule has 3 heteroatoms. The van der Waals surface area contributed by atoms with E-state index in [0.717, 1.165) is 10.5 Å². The van der Waals surface area contributed by atoms with Crippen molar-refractivity contribution < 1.29 is 0 Å². The van der Waals surface area contributed by atoms with E-state index < -0.39 is 0 Å².